The Kier molecular flexibility index (Phi) is 4.00. The van der Waals surface area contributed by atoms with Crippen LogP contribution in [0.4, 0.5) is 13.2 Å². The maximum Gasteiger partial charge on any atom is 0.417 e. The van der Waals surface area contributed by atoms with Gasteiger partial charge in [-0.15, -0.1) is 0 Å². The van der Waals surface area contributed by atoms with Crippen molar-refractivity contribution in [2.75, 3.05) is 0 Å². The molecule has 5 nitrogen and oxygen atoms in total. The molecule has 24 heavy (non-hydrogen) atoms. The van der Waals surface area contributed by atoms with Crippen LogP contribution in [0.15, 0.2) is 30.5 Å². The molecular formula is C15H9ClF3NO4. The lowest BCUT2D eigenvalue weighted by atomic mass is 10.1. The summed E-state index contributed by atoms with van der Waals surface area (Å²) in [5, 5.41) is 8.66. The number of nitrogens with zero attached hydrogens (tertiary/aromatic N) is 1. The highest BCUT2D eigenvalue weighted by atomic mass is 35.5. The maximum absolute atomic E-state index is 12.6. The van der Waals surface area contributed by atoms with Gasteiger partial charge in [0.15, 0.2) is 6.10 Å². The first-order valence-electron chi connectivity index (χ1n) is 6.67. The summed E-state index contributed by atoms with van der Waals surface area (Å²) in [6.07, 6.45) is -4.73. The van der Waals surface area contributed by atoms with Crippen LogP contribution in [-0.2, 0) is 17.4 Å². The number of fused-ring (bicyclic) bond motifs is 1. The molecule has 9 heteroatoms. The SMILES string of the molecule is O=C(O)C1Cc2cc(Oc3ncc(C(F)(F)F)cc3Cl)ccc2O1. The average molecular weight is 360 g/mol. The van der Waals surface area contributed by atoms with E-state index in [1.807, 2.05) is 0 Å². The predicted molar refractivity (Wildman–Crippen MR) is 76.5 cm³/mol. The topological polar surface area (TPSA) is 68.7 Å². The highest BCUT2D eigenvalue weighted by molar-refractivity contribution is 6.31. The third-order valence-electron chi connectivity index (χ3n) is 3.33. The minimum Gasteiger partial charge on any atom is -0.478 e. The van der Waals surface area contributed by atoms with Gasteiger partial charge in [0.1, 0.15) is 16.5 Å². The lowest BCUT2D eigenvalue weighted by Crippen LogP contribution is -2.24. The van der Waals surface area contributed by atoms with Gasteiger partial charge in [-0.1, -0.05) is 11.6 Å². The lowest BCUT2D eigenvalue weighted by molar-refractivity contribution is -0.144. The third kappa shape index (κ3) is 3.23. The first-order chi connectivity index (χ1) is 11.2. The van der Waals surface area contributed by atoms with Gasteiger partial charge in [0, 0.05) is 18.2 Å². The number of halogens is 4. The van der Waals surface area contributed by atoms with Crippen LogP contribution in [0, 0.1) is 0 Å². The van der Waals surface area contributed by atoms with Gasteiger partial charge in [0.2, 0.25) is 5.88 Å². The molecule has 1 aliphatic rings. The second-order valence-electron chi connectivity index (χ2n) is 5.03. The average Bonchev–Trinajstić information content (AvgIpc) is 2.91. The Morgan fingerprint density at radius 1 is 1.38 bits per heavy atom. The summed E-state index contributed by atoms with van der Waals surface area (Å²) in [5.41, 5.74) is -0.366. The molecule has 0 aliphatic carbocycles. The predicted octanol–water partition coefficient (Wildman–Crippen LogP) is 3.93. The number of carboxylic acid groups (broad SMARTS) is 1. The number of ether oxygens (including phenoxy) is 2. The van der Waals surface area contributed by atoms with Crippen LogP contribution in [0.3, 0.4) is 0 Å². The molecule has 126 valence electrons. The quantitative estimate of drug-likeness (QED) is 0.899. The van der Waals surface area contributed by atoms with E-state index in [1.54, 1.807) is 0 Å². The van der Waals surface area contributed by atoms with Gasteiger partial charge in [-0.3, -0.25) is 0 Å². The zero-order valence-corrected chi connectivity index (χ0v) is 12.6. The molecule has 1 aromatic carbocycles. The van der Waals surface area contributed by atoms with Crippen molar-refractivity contribution in [1.29, 1.82) is 0 Å². The molecule has 0 spiro atoms. The van der Waals surface area contributed by atoms with E-state index in [9.17, 15) is 18.0 Å². The van der Waals surface area contributed by atoms with Gasteiger partial charge in [-0.2, -0.15) is 13.2 Å². The molecule has 1 N–H and O–H groups in total. The number of carboxylic acids is 1. The lowest BCUT2D eigenvalue weighted by Gasteiger charge is -2.10. The zero-order valence-electron chi connectivity index (χ0n) is 11.8. The number of hydrogen-bond donors (Lipinski definition) is 1. The van der Waals surface area contributed by atoms with Gasteiger partial charge in [0.05, 0.1) is 5.56 Å². The molecule has 0 amide bonds. The number of rotatable bonds is 3. The van der Waals surface area contributed by atoms with Gasteiger partial charge in [-0.05, 0) is 24.3 Å². The summed E-state index contributed by atoms with van der Waals surface area (Å²) in [4.78, 5) is 14.5. The minimum atomic E-state index is -4.55. The fourth-order valence-corrected chi connectivity index (χ4v) is 2.40. The van der Waals surface area contributed by atoms with Crippen molar-refractivity contribution in [3.05, 3.63) is 46.6 Å². The number of benzene rings is 1. The van der Waals surface area contributed by atoms with Crippen LogP contribution < -0.4 is 9.47 Å². The fraction of sp³-hybridized carbons (Fsp3) is 0.200. The molecule has 1 atom stereocenters. The summed E-state index contributed by atoms with van der Waals surface area (Å²) < 4.78 is 48.3. The number of aromatic nitrogens is 1. The first-order valence-corrected chi connectivity index (χ1v) is 7.05. The Labute approximate surface area is 138 Å². The van der Waals surface area contributed by atoms with Crippen molar-refractivity contribution < 1.29 is 32.5 Å². The Morgan fingerprint density at radius 3 is 2.75 bits per heavy atom. The molecule has 2 aromatic rings. The standard InChI is InChI=1S/C15H9ClF3NO4/c16-10-5-8(15(17,18)19)6-20-13(10)23-9-1-2-11-7(3-9)4-12(24-11)14(21)22/h1-3,5-6,12H,4H2,(H,21,22). The van der Waals surface area contributed by atoms with Gasteiger partial charge in [-0.25, -0.2) is 9.78 Å². The fourth-order valence-electron chi connectivity index (χ4n) is 2.19. The van der Waals surface area contributed by atoms with Crippen LogP contribution >= 0.6 is 11.6 Å². The largest absolute Gasteiger partial charge is 0.478 e. The minimum absolute atomic E-state index is 0.163. The van der Waals surface area contributed by atoms with E-state index in [4.69, 9.17) is 26.2 Å². The van der Waals surface area contributed by atoms with Gasteiger partial charge < -0.3 is 14.6 Å². The smallest absolute Gasteiger partial charge is 0.417 e. The number of aliphatic carboxylic acids is 1. The van der Waals surface area contributed by atoms with E-state index < -0.39 is 23.8 Å². The van der Waals surface area contributed by atoms with Crippen molar-refractivity contribution >= 4 is 17.6 Å². The Morgan fingerprint density at radius 2 is 2.12 bits per heavy atom. The van der Waals surface area contributed by atoms with Gasteiger partial charge in [0.25, 0.3) is 0 Å². The zero-order chi connectivity index (χ0) is 17.5. The van der Waals surface area contributed by atoms with Gasteiger partial charge >= 0.3 is 12.1 Å². The molecule has 1 aromatic heterocycles. The first kappa shape index (κ1) is 16.4. The molecule has 0 saturated heterocycles. The van der Waals surface area contributed by atoms with Crippen molar-refractivity contribution in [3.8, 4) is 17.4 Å². The van der Waals surface area contributed by atoms with Crippen molar-refractivity contribution in [3.63, 3.8) is 0 Å². The Bertz CT molecular complexity index is 810. The summed E-state index contributed by atoms with van der Waals surface area (Å²) >= 11 is 5.78. The molecular weight excluding hydrogens is 351 g/mol. The van der Waals surface area contributed by atoms with E-state index in [0.29, 0.717) is 17.5 Å². The monoisotopic (exact) mass is 359 g/mol. The van der Waals surface area contributed by atoms with E-state index in [2.05, 4.69) is 4.98 Å². The molecule has 2 heterocycles. The van der Waals surface area contributed by atoms with Crippen LogP contribution in [0.25, 0.3) is 0 Å². The molecule has 0 saturated carbocycles. The van der Waals surface area contributed by atoms with Crippen LogP contribution in [0.5, 0.6) is 17.4 Å². The molecule has 3 rings (SSSR count). The van der Waals surface area contributed by atoms with Crippen molar-refractivity contribution in [2.24, 2.45) is 0 Å². The number of pyridine rings is 1. The van der Waals surface area contributed by atoms with E-state index in [0.717, 1.165) is 6.07 Å². The summed E-state index contributed by atoms with van der Waals surface area (Å²) in [6.45, 7) is 0. The van der Waals surface area contributed by atoms with Crippen molar-refractivity contribution in [1.82, 2.24) is 4.98 Å². The number of hydrogen-bond acceptors (Lipinski definition) is 4. The normalized spacial score (nSPS) is 16.4. The van der Waals surface area contributed by atoms with Crippen molar-refractivity contribution in [2.45, 2.75) is 18.7 Å². The molecule has 0 bridgehead atoms. The third-order valence-corrected chi connectivity index (χ3v) is 3.60. The van der Waals surface area contributed by atoms with Crippen LogP contribution in [-0.4, -0.2) is 22.2 Å². The molecule has 1 unspecified atom stereocenters. The van der Waals surface area contributed by atoms with E-state index in [1.165, 1.54) is 18.2 Å². The highest BCUT2D eigenvalue weighted by Crippen LogP contribution is 2.37. The van der Waals surface area contributed by atoms with E-state index in [-0.39, 0.29) is 23.1 Å². The summed E-state index contributed by atoms with van der Waals surface area (Å²) in [6, 6.07) is 5.26. The second kappa shape index (κ2) is 5.86. The summed E-state index contributed by atoms with van der Waals surface area (Å²) in [5.74, 6) is -0.585. The number of alkyl halides is 3. The Hall–Kier alpha value is -2.48. The molecule has 0 radical (unpaired) electrons. The summed E-state index contributed by atoms with van der Waals surface area (Å²) in [7, 11) is 0. The van der Waals surface area contributed by atoms with Crippen LogP contribution in [0.2, 0.25) is 5.02 Å². The maximum atomic E-state index is 12.6. The van der Waals surface area contributed by atoms with E-state index >= 15 is 0 Å². The highest BCUT2D eigenvalue weighted by Gasteiger charge is 2.32. The Balaban J connectivity index is 1.81. The molecule has 0 fully saturated rings. The second-order valence-corrected chi connectivity index (χ2v) is 5.44. The number of carbonyl (C=O) groups is 1. The van der Waals surface area contributed by atoms with Crippen LogP contribution in [0.1, 0.15) is 11.1 Å². The molecule has 1 aliphatic heterocycles.